The Kier molecular flexibility index (Phi) is 4.01. The number of halogens is 1. The van der Waals surface area contributed by atoms with Gasteiger partial charge in [-0.15, -0.1) is 0 Å². The van der Waals surface area contributed by atoms with Gasteiger partial charge in [-0.1, -0.05) is 29.8 Å². The minimum atomic E-state index is -3.64. The maximum Gasteiger partial charge on any atom is 0.262 e. The minimum absolute atomic E-state index is 0.0262. The van der Waals surface area contributed by atoms with Crippen LogP contribution in [-0.4, -0.2) is 28.3 Å². The fraction of sp³-hybridized carbons (Fsp3) is 0.400. The van der Waals surface area contributed by atoms with Crippen molar-refractivity contribution in [2.24, 2.45) is 7.05 Å². The number of aryl methyl sites for hydroxylation is 1. The number of aromatic nitrogens is 2. The van der Waals surface area contributed by atoms with Crippen LogP contribution in [0, 0.1) is 0 Å². The Labute approximate surface area is 135 Å². The maximum atomic E-state index is 13.0. The quantitative estimate of drug-likeness (QED) is 0.841. The van der Waals surface area contributed by atoms with E-state index in [1.807, 2.05) is 25.1 Å². The molecule has 5 nitrogen and oxygen atoms in total. The number of benzene rings is 1. The summed E-state index contributed by atoms with van der Waals surface area (Å²) in [6.07, 6.45) is 4.78. The highest BCUT2D eigenvalue weighted by atomic mass is 35.5. The standard InChI is InChI=1S/C15H18ClN3O2S/c1-11(13-5-3-4-6-14(13)16)19(12-7-8-12)22(20,21)15-9-18(2)10-17-15/h3-6,9-12H,7-8H2,1-2H3/t11-/m1/s1. The van der Waals surface area contributed by atoms with Gasteiger partial charge < -0.3 is 4.57 Å². The van der Waals surface area contributed by atoms with Crippen molar-refractivity contribution in [3.05, 3.63) is 47.4 Å². The summed E-state index contributed by atoms with van der Waals surface area (Å²) in [4.78, 5) is 4.02. The number of nitrogens with zero attached hydrogens (tertiary/aromatic N) is 3. The normalized spacial score (nSPS) is 16.9. The van der Waals surface area contributed by atoms with Gasteiger partial charge >= 0.3 is 0 Å². The predicted molar refractivity (Wildman–Crippen MR) is 85.1 cm³/mol. The molecule has 0 N–H and O–H groups in total. The fourth-order valence-electron chi connectivity index (χ4n) is 2.63. The van der Waals surface area contributed by atoms with Gasteiger partial charge in [0.15, 0.2) is 5.03 Å². The highest BCUT2D eigenvalue weighted by Crippen LogP contribution is 2.40. The van der Waals surface area contributed by atoms with Gasteiger partial charge in [-0.2, -0.15) is 4.31 Å². The van der Waals surface area contributed by atoms with Crippen LogP contribution in [0.25, 0.3) is 0 Å². The van der Waals surface area contributed by atoms with Crippen LogP contribution < -0.4 is 0 Å². The molecule has 0 radical (unpaired) electrons. The van der Waals surface area contributed by atoms with E-state index in [1.165, 1.54) is 12.5 Å². The molecule has 2 aromatic rings. The first kappa shape index (κ1) is 15.5. The van der Waals surface area contributed by atoms with Gasteiger partial charge in [0.25, 0.3) is 10.0 Å². The van der Waals surface area contributed by atoms with Crippen molar-refractivity contribution in [2.45, 2.75) is 36.9 Å². The molecular weight excluding hydrogens is 322 g/mol. The molecule has 22 heavy (non-hydrogen) atoms. The first-order valence-electron chi connectivity index (χ1n) is 7.17. The molecule has 0 aliphatic heterocycles. The van der Waals surface area contributed by atoms with Gasteiger partial charge in [-0.3, -0.25) is 0 Å². The van der Waals surface area contributed by atoms with Crippen LogP contribution in [0.15, 0.2) is 41.8 Å². The lowest BCUT2D eigenvalue weighted by Gasteiger charge is -2.28. The molecule has 0 amide bonds. The van der Waals surface area contributed by atoms with Crippen molar-refractivity contribution in [2.75, 3.05) is 0 Å². The van der Waals surface area contributed by atoms with E-state index in [-0.39, 0.29) is 17.1 Å². The molecule has 1 aromatic carbocycles. The lowest BCUT2D eigenvalue weighted by Crippen LogP contribution is -2.36. The number of imidazole rings is 1. The second-order valence-corrected chi connectivity index (χ2v) is 7.84. The fourth-order valence-corrected chi connectivity index (χ4v) is 4.75. The van der Waals surface area contributed by atoms with Gasteiger partial charge in [0, 0.05) is 30.4 Å². The molecule has 1 aromatic heterocycles. The van der Waals surface area contributed by atoms with Crippen LogP contribution in [-0.2, 0) is 17.1 Å². The summed E-state index contributed by atoms with van der Waals surface area (Å²) in [5.74, 6) is 0. The summed E-state index contributed by atoms with van der Waals surface area (Å²) < 4.78 is 29.1. The molecule has 0 spiro atoms. The van der Waals surface area contributed by atoms with Gasteiger partial charge in [0.05, 0.1) is 6.33 Å². The maximum absolute atomic E-state index is 13.0. The van der Waals surface area contributed by atoms with E-state index in [2.05, 4.69) is 4.98 Å². The molecule has 3 rings (SSSR count). The van der Waals surface area contributed by atoms with Crippen LogP contribution >= 0.6 is 11.6 Å². The Balaban J connectivity index is 2.02. The third-order valence-corrected chi connectivity index (χ3v) is 6.12. The van der Waals surface area contributed by atoms with Gasteiger partial charge in [-0.05, 0) is 31.4 Å². The smallest absolute Gasteiger partial charge is 0.262 e. The largest absolute Gasteiger partial charge is 0.339 e. The summed E-state index contributed by atoms with van der Waals surface area (Å²) in [5, 5.41) is 0.665. The Hall–Kier alpha value is -1.37. The van der Waals surface area contributed by atoms with Crippen LogP contribution in [0.1, 0.15) is 31.4 Å². The van der Waals surface area contributed by atoms with Crippen molar-refractivity contribution in [3.63, 3.8) is 0 Å². The predicted octanol–water partition coefficient (Wildman–Crippen LogP) is 2.99. The lowest BCUT2D eigenvalue weighted by atomic mass is 10.1. The van der Waals surface area contributed by atoms with Crippen molar-refractivity contribution in [1.29, 1.82) is 0 Å². The van der Waals surface area contributed by atoms with E-state index in [4.69, 9.17) is 11.6 Å². The Bertz CT molecular complexity index is 784. The monoisotopic (exact) mass is 339 g/mol. The average Bonchev–Trinajstić information content (AvgIpc) is 3.18. The summed E-state index contributed by atoms with van der Waals surface area (Å²) in [6, 6.07) is 7.07. The van der Waals surface area contributed by atoms with Gasteiger partial charge in [0.2, 0.25) is 0 Å². The summed E-state index contributed by atoms with van der Waals surface area (Å²) in [6.45, 7) is 1.88. The Morgan fingerprint density at radius 2 is 2.05 bits per heavy atom. The molecule has 1 aliphatic rings. The number of hydrogen-bond acceptors (Lipinski definition) is 3. The molecule has 0 bridgehead atoms. The van der Waals surface area contributed by atoms with E-state index in [0.29, 0.717) is 5.02 Å². The molecule has 0 saturated heterocycles. The number of sulfonamides is 1. The zero-order valence-corrected chi connectivity index (χ0v) is 14.0. The lowest BCUT2D eigenvalue weighted by molar-refractivity contribution is 0.333. The zero-order valence-electron chi connectivity index (χ0n) is 12.5. The van der Waals surface area contributed by atoms with E-state index < -0.39 is 10.0 Å². The van der Waals surface area contributed by atoms with E-state index in [1.54, 1.807) is 22.0 Å². The third kappa shape index (κ3) is 2.78. The summed E-state index contributed by atoms with van der Waals surface area (Å²) in [5.41, 5.74) is 0.815. The van der Waals surface area contributed by atoms with Gasteiger partial charge in [0.1, 0.15) is 0 Å². The topological polar surface area (TPSA) is 55.2 Å². The first-order valence-corrected chi connectivity index (χ1v) is 8.99. The van der Waals surface area contributed by atoms with Crippen molar-refractivity contribution < 1.29 is 8.42 Å². The van der Waals surface area contributed by atoms with Crippen molar-refractivity contribution in [3.8, 4) is 0 Å². The zero-order chi connectivity index (χ0) is 15.9. The molecule has 1 saturated carbocycles. The molecule has 1 heterocycles. The average molecular weight is 340 g/mol. The highest BCUT2D eigenvalue weighted by Gasteiger charge is 2.42. The van der Waals surface area contributed by atoms with E-state index in [9.17, 15) is 8.42 Å². The molecule has 1 atom stereocenters. The van der Waals surface area contributed by atoms with Crippen molar-refractivity contribution in [1.82, 2.24) is 13.9 Å². The minimum Gasteiger partial charge on any atom is -0.339 e. The molecule has 0 unspecified atom stereocenters. The second-order valence-electron chi connectivity index (χ2n) is 5.64. The van der Waals surface area contributed by atoms with Crippen molar-refractivity contribution >= 4 is 21.6 Å². The number of rotatable bonds is 5. The van der Waals surface area contributed by atoms with E-state index in [0.717, 1.165) is 18.4 Å². The first-order chi connectivity index (χ1) is 10.4. The SMILES string of the molecule is C[C@H](c1ccccc1Cl)N(C1CC1)S(=O)(=O)c1cn(C)cn1. The van der Waals surface area contributed by atoms with Gasteiger partial charge in [-0.25, -0.2) is 13.4 Å². The Morgan fingerprint density at radius 1 is 1.36 bits per heavy atom. The molecule has 1 fully saturated rings. The highest BCUT2D eigenvalue weighted by molar-refractivity contribution is 7.89. The van der Waals surface area contributed by atoms with Crippen LogP contribution in [0.2, 0.25) is 5.02 Å². The van der Waals surface area contributed by atoms with Crippen LogP contribution in [0.3, 0.4) is 0 Å². The number of hydrogen-bond donors (Lipinski definition) is 0. The summed E-state index contributed by atoms with van der Waals surface area (Å²) >= 11 is 6.25. The molecular formula is C15H18ClN3O2S. The summed E-state index contributed by atoms with van der Waals surface area (Å²) in [7, 11) is -1.88. The molecule has 7 heteroatoms. The van der Waals surface area contributed by atoms with E-state index >= 15 is 0 Å². The van der Waals surface area contributed by atoms with Crippen LogP contribution in [0.4, 0.5) is 0 Å². The van der Waals surface area contributed by atoms with Crippen LogP contribution in [0.5, 0.6) is 0 Å². The Morgan fingerprint density at radius 3 is 2.59 bits per heavy atom. The third-order valence-electron chi connectivity index (χ3n) is 3.87. The second kappa shape index (κ2) is 5.68. The molecule has 118 valence electrons. The molecule has 1 aliphatic carbocycles.